The van der Waals surface area contributed by atoms with Gasteiger partial charge in [-0.1, -0.05) is 15.9 Å². The summed E-state index contributed by atoms with van der Waals surface area (Å²) in [5.41, 5.74) is 0.904. The summed E-state index contributed by atoms with van der Waals surface area (Å²) in [5, 5.41) is 5.34. The Kier molecular flexibility index (Phi) is 13.0. The third-order valence-electron chi connectivity index (χ3n) is 9.43. The van der Waals surface area contributed by atoms with Crippen molar-refractivity contribution >= 4 is 56.0 Å². The zero-order valence-corrected chi connectivity index (χ0v) is 32.8. The van der Waals surface area contributed by atoms with Crippen LogP contribution < -0.4 is 30.6 Å². The molecule has 300 valence electrons. The number of nitrogens with zero attached hydrogens (tertiary/aromatic N) is 5. The van der Waals surface area contributed by atoms with E-state index < -0.39 is 29.4 Å². The molecule has 1 saturated heterocycles. The van der Waals surface area contributed by atoms with E-state index in [2.05, 4.69) is 36.5 Å². The van der Waals surface area contributed by atoms with Crippen LogP contribution in [0.3, 0.4) is 0 Å². The summed E-state index contributed by atoms with van der Waals surface area (Å²) in [5.74, 6) is 1.04. The number of aromatic nitrogens is 3. The zero-order valence-electron chi connectivity index (χ0n) is 31.2. The highest BCUT2D eigenvalue weighted by atomic mass is 79.9. The first-order valence-electron chi connectivity index (χ1n) is 18.2. The molecule has 0 radical (unpaired) electrons. The lowest BCUT2D eigenvalue weighted by Crippen LogP contribution is -2.47. The quantitative estimate of drug-likeness (QED) is 0.150. The average molecular weight is 847 g/mol. The van der Waals surface area contributed by atoms with Gasteiger partial charge in [0.05, 0.1) is 66.8 Å². The number of alkyl halides is 3. The van der Waals surface area contributed by atoms with Gasteiger partial charge in [0, 0.05) is 54.7 Å². The number of hydrogen-bond donors (Lipinski definition) is 2. The SMILES string of the molecule is CCN1CCOc2cc3c(cc21)c(C(F)(F)F)cc(=O)n3CCOCCCC(=O)N1CCO[C@H](COc2cc(C)c(Br)cc2NC(=O)Nc2cnc(C)cn2)C1. The number of ether oxygens (including phenoxy) is 4. The van der Waals surface area contributed by atoms with Gasteiger partial charge >= 0.3 is 12.2 Å². The fraction of sp³-hybridized carbons (Fsp3) is 0.447. The van der Waals surface area contributed by atoms with Gasteiger partial charge in [-0.2, -0.15) is 13.2 Å². The molecule has 2 aromatic heterocycles. The number of rotatable bonds is 13. The standard InChI is InChI=1S/C38H43BrF3N7O7/c1-4-47-7-13-55-33-18-30-26(15-31(33)47)27(38(40,41)42)16-36(51)49(30)9-11-53-10-5-6-35(50)48-8-12-54-25(21-48)22-56-32-14-23(2)28(39)17-29(32)45-37(52)46-34-20-43-24(3)19-44-34/h14-20,25H,4-13,21-22H2,1-3H3,(H2,44,45,46,52)/t25-/m0/s1. The molecule has 0 unspecified atom stereocenters. The van der Waals surface area contributed by atoms with E-state index in [4.69, 9.17) is 18.9 Å². The first-order valence-corrected chi connectivity index (χ1v) is 19.0. The first kappa shape index (κ1) is 40.7. The van der Waals surface area contributed by atoms with E-state index >= 15 is 0 Å². The van der Waals surface area contributed by atoms with E-state index in [9.17, 15) is 27.6 Å². The topological polar surface area (TPSA) is 149 Å². The molecule has 0 spiro atoms. The lowest BCUT2D eigenvalue weighted by atomic mass is 10.1. The zero-order chi connectivity index (χ0) is 40.0. The summed E-state index contributed by atoms with van der Waals surface area (Å²) in [7, 11) is 0. The van der Waals surface area contributed by atoms with Gasteiger partial charge < -0.3 is 38.6 Å². The molecule has 2 aliphatic rings. The average Bonchev–Trinajstić information content (AvgIpc) is 3.17. The number of carbonyl (C=O) groups excluding carboxylic acids is 2. The molecule has 14 nitrogen and oxygen atoms in total. The summed E-state index contributed by atoms with van der Waals surface area (Å²) in [6.45, 7) is 8.57. The van der Waals surface area contributed by atoms with Crippen molar-refractivity contribution in [3.05, 3.63) is 74.4 Å². The molecule has 2 N–H and O–H groups in total. The number of nitrogens with one attached hydrogen (secondary N) is 2. The third-order valence-corrected chi connectivity index (χ3v) is 10.3. The van der Waals surface area contributed by atoms with Crippen molar-refractivity contribution in [1.82, 2.24) is 19.4 Å². The number of benzene rings is 2. The molecule has 0 saturated carbocycles. The van der Waals surface area contributed by atoms with Crippen LogP contribution in [0.25, 0.3) is 10.9 Å². The van der Waals surface area contributed by atoms with Crippen LogP contribution in [0, 0.1) is 13.8 Å². The molecule has 6 rings (SSSR count). The van der Waals surface area contributed by atoms with Crippen LogP contribution in [0.4, 0.5) is 35.2 Å². The van der Waals surface area contributed by atoms with Gasteiger partial charge in [0.1, 0.15) is 30.8 Å². The van der Waals surface area contributed by atoms with Gasteiger partial charge in [0.15, 0.2) is 5.82 Å². The fourth-order valence-electron chi connectivity index (χ4n) is 6.51. The summed E-state index contributed by atoms with van der Waals surface area (Å²) in [4.78, 5) is 50.7. The van der Waals surface area contributed by atoms with Crippen molar-refractivity contribution in [1.29, 1.82) is 0 Å². The minimum atomic E-state index is -4.72. The Morgan fingerprint density at radius 3 is 2.61 bits per heavy atom. The van der Waals surface area contributed by atoms with Crippen LogP contribution in [0.2, 0.25) is 0 Å². The summed E-state index contributed by atoms with van der Waals surface area (Å²) < 4.78 is 67.6. The molecule has 4 aromatic rings. The van der Waals surface area contributed by atoms with Crippen LogP contribution in [0.5, 0.6) is 11.5 Å². The van der Waals surface area contributed by atoms with Gasteiger partial charge in [-0.05, 0) is 51.0 Å². The molecule has 2 aromatic carbocycles. The molecule has 0 bridgehead atoms. The molecule has 1 fully saturated rings. The summed E-state index contributed by atoms with van der Waals surface area (Å²) in [6.07, 6.45) is -1.54. The van der Waals surface area contributed by atoms with Gasteiger partial charge in [-0.25, -0.2) is 9.78 Å². The van der Waals surface area contributed by atoms with E-state index in [-0.39, 0.29) is 55.4 Å². The van der Waals surface area contributed by atoms with Crippen molar-refractivity contribution in [3.8, 4) is 11.5 Å². The Bertz CT molecular complexity index is 2120. The normalized spacial score (nSPS) is 15.7. The molecule has 1 atom stereocenters. The Morgan fingerprint density at radius 2 is 1.86 bits per heavy atom. The van der Waals surface area contributed by atoms with Crippen molar-refractivity contribution in [2.45, 2.75) is 52.4 Å². The maximum Gasteiger partial charge on any atom is 0.417 e. The molecule has 2 aliphatic heterocycles. The minimum Gasteiger partial charge on any atom is -0.489 e. The number of halogens is 4. The van der Waals surface area contributed by atoms with Crippen LogP contribution in [0.1, 0.15) is 36.6 Å². The molecule has 56 heavy (non-hydrogen) atoms. The Morgan fingerprint density at radius 1 is 1.04 bits per heavy atom. The molecular formula is C38H43BrF3N7O7. The summed E-state index contributed by atoms with van der Waals surface area (Å²) in [6, 6.07) is 6.57. The van der Waals surface area contributed by atoms with Crippen molar-refractivity contribution in [3.63, 3.8) is 0 Å². The monoisotopic (exact) mass is 845 g/mol. The number of hydrogen-bond acceptors (Lipinski definition) is 10. The maximum absolute atomic E-state index is 14.0. The van der Waals surface area contributed by atoms with Crippen molar-refractivity contribution in [2.75, 3.05) is 74.7 Å². The van der Waals surface area contributed by atoms with Crippen LogP contribution >= 0.6 is 15.9 Å². The predicted octanol–water partition coefficient (Wildman–Crippen LogP) is 6.16. The minimum absolute atomic E-state index is 0.0179. The largest absolute Gasteiger partial charge is 0.489 e. The number of aryl methyl sites for hydroxylation is 2. The second kappa shape index (κ2) is 17.9. The Hall–Kier alpha value is -4.94. The number of anilines is 3. The lowest BCUT2D eigenvalue weighted by Gasteiger charge is -2.33. The number of urea groups is 1. The van der Waals surface area contributed by atoms with Gasteiger partial charge in [0.25, 0.3) is 5.56 Å². The molecule has 0 aliphatic carbocycles. The van der Waals surface area contributed by atoms with Crippen molar-refractivity contribution < 1.29 is 41.7 Å². The fourth-order valence-corrected chi connectivity index (χ4v) is 6.85. The second-order valence-corrected chi connectivity index (χ2v) is 14.2. The first-order chi connectivity index (χ1) is 26.8. The van der Waals surface area contributed by atoms with Crippen LogP contribution in [-0.2, 0) is 27.0 Å². The highest BCUT2D eigenvalue weighted by Crippen LogP contribution is 2.40. The number of amides is 3. The van der Waals surface area contributed by atoms with Gasteiger partial charge in [0.2, 0.25) is 5.91 Å². The summed E-state index contributed by atoms with van der Waals surface area (Å²) >= 11 is 3.50. The molecule has 18 heteroatoms. The van der Waals surface area contributed by atoms with E-state index in [1.807, 2.05) is 18.7 Å². The number of fused-ring (bicyclic) bond motifs is 2. The number of pyridine rings is 1. The number of morpholine rings is 1. The number of likely N-dealkylation sites (N-methyl/N-ethyl adjacent to an activating group) is 1. The third kappa shape index (κ3) is 9.89. The van der Waals surface area contributed by atoms with Crippen molar-refractivity contribution in [2.24, 2.45) is 0 Å². The lowest BCUT2D eigenvalue weighted by molar-refractivity contribution is -0.140. The molecule has 3 amide bonds. The van der Waals surface area contributed by atoms with E-state index in [1.54, 1.807) is 30.2 Å². The van der Waals surface area contributed by atoms with E-state index in [0.29, 0.717) is 80.4 Å². The second-order valence-electron chi connectivity index (χ2n) is 13.4. The highest BCUT2D eigenvalue weighted by Gasteiger charge is 2.35. The predicted molar refractivity (Wildman–Crippen MR) is 207 cm³/mol. The van der Waals surface area contributed by atoms with Gasteiger partial charge in [-0.3, -0.25) is 19.9 Å². The van der Waals surface area contributed by atoms with E-state index in [0.717, 1.165) is 10.0 Å². The Balaban J connectivity index is 0.989. The smallest absolute Gasteiger partial charge is 0.417 e. The van der Waals surface area contributed by atoms with E-state index in [1.165, 1.54) is 22.9 Å². The van der Waals surface area contributed by atoms with Gasteiger partial charge in [-0.15, -0.1) is 0 Å². The molecule has 4 heterocycles. The Labute approximate surface area is 329 Å². The number of carbonyl (C=O) groups is 2. The van der Waals surface area contributed by atoms with Crippen LogP contribution in [0.15, 0.2) is 52.0 Å². The molecular weight excluding hydrogens is 803 g/mol. The highest BCUT2D eigenvalue weighted by molar-refractivity contribution is 9.10. The maximum atomic E-state index is 14.0. The van der Waals surface area contributed by atoms with Crippen LogP contribution in [-0.4, -0.2) is 96.7 Å².